The van der Waals surface area contributed by atoms with Crippen molar-refractivity contribution in [2.75, 3.05) is 5.32 Å². The van der Waals surface area contributed by atoms with Gasteiger partial charge in [0, 0.05) is 23.7 Å². The first-order valence-corrected chi connectivity index (χ1v) is 9.33. The highest BCUT2D eigenvalue weighted by Gasteiger charge is 2.32. The highest BCUT2D eigenvalue weighted by atomic mass is 32.2. The van der Waals surface area contributed by atoms with Gasteiger partial charge in [-0.2, -0.15) is 0 Å². The molecule has 3 rings (SSSR count). The Morgan fingerprint density at radius 3 is 1.89 bits per heavy atom. The molecular weight excluding hydrogens is 370 g/mol. The maximum Gasteiger partial charge on any atom is 0.238 e. The molecule has 4 N–H and O–H groups in total. The number of fused-ring (bicyclic) bond motifs is 1. The molecule has 0 heterocycles. The summed E-state index contributed by atoms with van der Waals surface area (Å²) in [5.41, 5.74) is 0.487. The molecule has 1 aliphatic carbocycles. The van der Waals surface area contributed by atoms with Crippen LogP contribution in [-0.4, -0.2) is 25.9 Å². The molecule has 0 radical (unpaired) electrons. The van der Waals surface area contributed by atoms with Gasteiger partial charge in [0.2, 0.25) is 27.5 Å². The number of anilines is 1. The molecule has 8 nitrogen and oxygen atoms in total. The molecule has 0 spiro atoms. The third-order valence-corrected chi connectivity index (χ3v) is 4.80. The molecule has 27 heavy (non-hydrogen) atoms. The van der Waals surface area contributed by atoms with E-state index >= 15 is 0 Å². The Kier molecular flexibility index (Phi) is 4.64. The van der Waals surface area contributed by atoms with E-state index in [4.69, 9.17) is 5.14 Å². The molecule has 9 heteroatoms. The van der Waals surface area contributed by atoms with Gasteiger partial charge in [0.15, 0.2) is 0 Å². The van der Waals surface area contributed by atoms with E-state index in [1.165, 1.54) is 43.3 Å². The number of amides is 1. The molecule has 0 bridgehead atoms. The van der Waals surface area contributed by atoms with Crippen LogP contribution in [0.15, 0.2) is 64.8 Å². The first kappa shape index (κ1) is 18.5. The van der Waals surface area contributed by atoms with E-state index < -0.39 is 27.5 Å². The van der Waals surface area contributed by atoms with Crippen molar-refractivity contribution in [2.24, 2.45) is 5.14 Å². The lowest BCUT2D eigenvalue weighted by atomic mass is 9.90. The number of Topliss-reactive ketones (excluding diaryl/α,β-unsaturated/α-hetero) is 2. The number of carbonyl (C=O) groups is 3. The number of hydrogen-bond acceptors (Lipinski definition) is 6. The van der Waals surface area contributed by atoms with Crippen molar-refractivity contribution in [3.05, 3.63) is 71.1 Å². The predicted molar refractivity (Wildman–Crippen MR) is 97.4 cm³/mol. The molecule has 1 amide bonds. The average Bonchev–Trinajstić information content (AvgIpc) is 2.62. The highest BCUT2D eigenvalue weighted by Crippen LogP contribution is 2.26. The Hall–Kier alpha value is -3.30. The first-order valence-electron chi connectivity index (χ1n) is 7.78. The molecule has 0 aromatic heterocycles. The Labute approximate surface area is 155 Å². The molecule has 1 aliphatic rings. The van der Waals surface area contributed by atoms with Gasteiger partial charge in [0.1, 0.15) is 11.4 Å². The number of allylic oxidation sites excluding steroid dienone is 2. The first-order chi connectivity index (χ1) is 12.7. The maximum atomic E-state index is 12.8. The second kappa shape index (κ2) is 6.78. The van der Waals surface area contributed by atoms with Crippen molar-refractivity contribution >= 4 is 33.2 Å². The molecule has 0 aliphatic heterocycles. The molecule has 2 aromatic rings. The Morgan fingerprint density at radius 1 is 0.889 bits per heavy atom. The monoisotopic (exact) mass is 385 g/mol. The lowest BCUT2D eigenvalue weighted by Crippen LogP contribution is -2.35. The van der Waals surface area contributed by atoms with E-state index in [0.29, 0.717) is 5.69 Å². The minimum absolute atomic E-state index is 0.0968. The fourth-order valence-electron chi connectivity index (χ4n) is 2.66. The van der Waals surface area contributed by atoms with Crippen LogP contribution in [0.4, 0.5) is 5.69 Å². The van der Waals surface area contributed by atoms with Gasteiger partial charge in [-0.15, -0.1) is 0 Å². The van der Waals surface area contributed by atoms with Gasteiger partial charge in [0.25, 0.3) is 0 Å². The van der Waals surface area contributed by atoms with Gasteiger partial charge in [0.05, 0.1) is 4.90 Å². The second-order valence-corrected chi connectivity index (χ2v) is 7.39. The van der Waals surface area contributed by atoms with E-state index in [1.807, 2.05) is 0 Å². The second-order valence-electron chi connectivity index (χ2n) is 5.83. The Bertz CT molecular complexity index is 1100. The molecule has 2 aromatic carbocycles. The van der Waals surface area contributed by atoms with Crippen LogP contribution in [0.2, 0.25) is 0 Å². The zero-order valence-corrected chi connectivity index (χ0v) is 15.0. The fourth-order valence-corrected chi connectivity index (χ4v) is 3.18. The lowest BCUT2D eigenvalue weighted by Gasteiger charge is -2.22. The summed E-state index contributed by atoms with van der Waals surface area (Å²) >= 11 is 0. The van der Waals surface area contributed by atoms with Crippen molar-refractivity contribution in [3.63, 3.8) is 0 Å². The molecular formula is C18H15N3O5S. The summed E-state index contributed by atoms with van der Waals surface area (Å²) in [6, 6.07) is 11.6. The molecule has 138 valence electrons. The van der Waals surface area contributed by atoms with Crippen molar-refractivity contribution in [1.29, 1.82) is 0 Å². The molecule has 0 saturated heterocycles. The fraction of sp³-hybridized carbons (Fsp3) is 0.0556. The van der Waals surface area contributed by atoms with Gasteiger partial charge in [-0.05, 0) is 24.3 Å². The van der Waals surface area contributed by atoms with E-state index in [0.717, 1.165) is 0 Å². The minimum Gasteiger partial charge on any atom is -0.350 e. The predicted octanol–water partition coefficient (Wildman–Crippen LogP) is 1.17. The van der Waals surface area contributed by atoms with E-state index in [-0.39, 0.29) is 27.4 Å². The third kappa shape index (κ3) is 3.64. The van der Waals surface area contributed by atoms with Crippen LogP contribution in [0.5, 0.6) is 0 Å². The van der Waals surface area contributed by atoms with Crippen molar-refractivity contribution in [3.8, 4) is 0 Å². The Balaban J connectivity index is 2.05. The largest absolute Gasteiger partial charge is 0.350 e. The molecule has 0 unspecified atom stereocenters. The van der Waals surface area contributed by atoms with Gasteiger partial charge >= 0.3 is 0 Å². The number of sulfonamides is 1. The normalized spacial score (nSPS) is 14.0. The van der Waals surface area contributed by atoms with E-state index in [9.17, 15) is 22.8 Å². The minimum atomic E-state index is -3.86. The van der Waals surface area contributed by atoms with Crippen LogP contribution in [0.25, 0.3) is 0 Å². The number of ketones is 2. The molecule has 0 fully saturated rings. The number of primary sulfonamides is 1. The summed E-state index contributed by atoms with van der Waals surface area (Å²) < 4.78 is 22.7. The number of nitrogens with one attached hydrogen (secondary N) is 2. The van der Waals surface area contributed by atoms with Crippen LogP contribution in [0, 0.1) is 0 Å². The SMILES string of the molecule is CC(=O)NC1=C(Nc2ccc(S(N)(=O)=O)cc2)C(=O)c2ccccc2C1=O. The van der Waals surface area contributed by atoms with Crippen LogP contribution in [0.1, 0.15) is 27.6 Å². The Morgan fingerprint density at radius 2 is 1.41 bits per heavy atom. The summed E-state index contributed by atoms with van der Waals surface area (Å²) in [4.78, 5) is 37.0. The summed E-state index contributed by atoms with van der Waals surface area (Å²) in [6.07, 6.45) is 0. The standard InChI is InChI=1S/C18H15N3O5S/c1-10(22)20-15-16(18(24)14-5-3-2-4-13(14)17(15)23)21-11-6-8-12(9-7-11)27(19,25)26/h2-9,21H,1H3,(H,20,22)(H2,19,25,26). The van der Waals surface area contributed by atoms with Gasteiger partial charge < -0.3 is 10.6 Å². The molecule has 0 atom stereocenters. The topological polar surface area (TPSA) is 135 Å². The number of benzene rings is 2. The van der Waals surface area contributed by atoms with Crippen LogP contribution >= 0.6 is 0 Å². The number of rotatable bonds is 4. The van der Waals surface area contributed by atoms with Crippen molar-refractivity contribution < 1.29 is 22.8 Å². The quantitative estimate of drug-likeness (QED) is 0.723. The number of hydrogen-bond donors (Lipinski definition) is 3. The highest BCUT2D eigenvalue weighted by molar-refractivity contribution is 7.89. The van der Waals surface area contributed by atoms with Crippen molar-refractivity contribution in [2.45, 2.75) is 11.8 Å². The van der Waals surface area contributed by atoms with E-state index in [2.05, 4.69) is 10.6 Å². The number of carbonyl (C=O) groups excluding carboxylic acids is 3. The summed E-state index contributed by atoms with van der Waals surface area (Å²) in [7, 11) is -3.86. The summed E-state index contributed by atoms with van der Waals surface area (Å²) in [5, 5.41) is 10.3. The van der Waals surface area contributed by atoms with Crippen LogP contribution < -0.4 is 15.8 Å². The third-order valence-electron chi connectivity index (χ3n) is 3.87. The zero-order chi connectivity index (χ0) is 19.8. The summed E-state index contributed by atoms with van der Waals surface area (Å²) in [6.45, 7) is 1.23. The average molecular weight is 385 g/mol. The van der Waals surface area contributed by atoms with Gasteiger partial charge in [-0.25, -0.2) is 13.6 Å². The van der Waals surface area contributed by atoms with Gasteiger partial charge in [-0.1, -0.05) is 24.3 Å². The van der Waals surface area contributed by atoms with E-state index in [1.54, 1.807) is 12.1 Å². The smallest absolute Gasteiger partial charge is 0.238 e. The van der Waals surface area contributed by atoms with Crippen molar-refractivity contribution in [1.82, 2.24) is 5.32 Å². The van der Waals surface area contributed by atoms with Crippen LogP contribution in [-0.2, 0) is 14.8 Å². The number of nitrogens with two attached hydrogens (primary N) is 1. The summed E-state index contributed by atoms with van der Waals surface area (Å²) in [5.74, 6) is -1.47. The van der Waals surface area contributed by atoms with Crippen LogP contribution in [0.3, 0.4) is 0 Å². The van der Waals surface area contributed by atoms with Gasteiger partial charge in [-0.3, -0.25) is 14.4 Å². The maximum absolute atomic E-state index is 12.8. The lowest BCUT2D eigenvalue weighted by molar-refractivity contribution is -0.118. The molecule has 0 saturated carbocycles. The zero-order valence-electron chi connectivity index (χ0n) is 14.1.